The molecule has 28 heavy (non-hydrogen) atoms. The molecule has 2 aromatic rings. The lowest BCUT2D eigenvalue weighted by atomic mass is 9.96. The molecule has 3 N–H and O–H groups in total. The number of H-pyrrole nitrogens is 1. The number of hydrogen-bond donors (Lipinski definition) is 3. The van der Waals surface area contributed by atoms with E-state index in [2.05, 4.69) is 45.0 Å². The van der Waals surface area contributed by atoms with Crippen molar-refractivity contribution in [2.75, 3.05) is 27.2 Å². The summed E-state index contributed by atoms with van der Waals surface area (Å²) >= 11 is 0. The van der Waals surface area contributed by atoms with Gasteiger partial charge >= 0.3 is 0 Å². The highest BCUT2D eigenvalue weighted by Crippen LogP contribution is 2.18. The fourth-order valence-electron chi connectivity index (χ4n) is 3.53. The number of aromatic nitrogens is 1. The number of benzene rings is 1. The van der Waals surface area contributed by atoms with Gasteiger partial charge in [-0.05, 0) is 30.9 Å². The molecule has 0 spiro atoms. The zero-order valence-electron chi connectivity index (χ0n) is 16.8. The van der Waals surface area contributed by atoms with Crippen molar-refractivity contribution in [3.05, 3.63) is 36.0 Å². The molecule has 0 unspecified atom stereocenters. The number of carbonyl (C=O) groups excluding carboxylic acids is 1. The van der Waals surface area contributed by atoms with Crippen LogP contribution in [-0.4, -0.2) is 55.0 Å². The molecule has 0 aliphatic heterocycles. The van der Waals surface area contributed by atoms with E-state index in [1.54, 1.807) is 19.0 Å². The third-order valence-corrected chi connectivity index (χ3v) is 5.18. The van der Waals surface area contributed by atoms with Crippen LogP contribution >= 0.6 is 24.0 Å². The van der Waals surface area contributed by atoms with Gasteiger partial charge in [-0.15, -0.1) is 24.0 Å². The number of rotatable bonds is 6. The number of para-hydroxylation sites is 1. The molecule has 1 aromatic heterocycles. The number of aromatic amines is 1. The molecular weight excluding hydrogens is 465 g/mol. The third kappa shape index (κ3) is 6.39. The van der Waals surface area contributed by atoms with Crippen molar-refractivity contribution in [2.45, 2.75) is 44.6 Å². The molecule has 1 heterocycles. The summed E-state index contributed by atoms with van der Waals surface area (Å²) in [5.41, 5.74) is 2.46. The molecule has 0 radical (unpaired) electrons. The van der Waals surface area contributed by atoms with Gasteiger partial charge in [0.2, 0.25) is 5.91 Å². The second-order valence-electron chi connectivity index (χ2n) is 7.47. The number of nitrogens with zero attached hydrogens (tertiary/aromatic N) is 2. The summed E-state index contributed by atoms with van der Waals surface area (Å²) in [5, 5.41) is 8.21. The predicted molar refractivity (Wildman–Crippen MR) is 126 cm³/mol. The lowest BCUT2D eigenvalue weighted by Crippen LogP contribution is -2.45. The minimum atomic E-state index is 0. The Morgan fingerprint density at radius 1 is 1.21 bits per heavy atom. The maximum atomic E-state index is 11.9. The Labute approximate surface area is 184 Å². The van der Waals surface area contributed by atoms with E-state index in [1.165, 1.54) is 48.6 Å². The second kappa shape index (κ2) is 11.3. The van der Waals surface area contributed by atoms with Crippen LogP contribution < -0.4 is 10.6 Å². The normalized spacial score (nSPS) is 15.1. The van der Waals surface area contributed by atoms with Crippen molar-refractivity contribution < 1.29 is 4.79 Å². The molecular formula is C21H32IN5O. The van der Waals surface area contributed by atoms with E-state index in [9.17, 15) is 4.79 Å². The first-order chi connectivity index (χ1) is 13.1. The monoisotopic (exact) mass is 497 g/mol. The molecule has 6 nitrogen and oxygen atoms in total. The molecule has 7 heteroatoms. The third-order valence-electron chi connectivity index (χ3n) is 5.18. The Hall–Kier alpha value is -1.77. The highest BCUT2D eigenvalue weighted by atomic mass is 127. The summed E-state index contributed by atoms with van der Waals surface area (Å²) in [6, 6.07) is 8.80. The van der Waals surface area contributed by atoms with E-state index >= 15 is 0 Å². The average Bonchev–Trinajstić information content (AvgIpc) is 3.09. The smallest absolute Gasteiger partial charge is 0.243 e. The summed E-state index contributed by atoms with van der Waals surface area (Å²) in [6.07, 6.45) is 9.16. The predicted octanol–water partition coefficient (Wildman–Crippen LogP) is 3.28. The number of nitrogens with one attached hydrogen (secondary N) is 3. The number of hydrogen-bond acceptors (Lipinski definition) is 2. The van der Waals surface area contributed by atoms with Gasteiger partial charge in [-0.2, -0.15) is 0 Å². The Kier molecular flexibility index (Phi) is 9.08. The van der Waals surface area contributed by atoms with Crippen LogP contribution in [0.4, 0.5) is 0 Å². The van der Waals surface area contributed by atoms with Crippen LogP contribution in [0.2, 0.25) is 0 Å². The molecule has 154 valence electrons. The van der Waals surface area contributed by atoms with Gasteiger partial charge in [-0.25, -0.2) is 4.99 Å². The highest BCUT2D eigenvalue weighted by Gasteiger charge is 2.15. The van der Waals surface area contributed by atoms with Crippen molar-refractivity contribution in [2.24, 2.45) is 4.99 Å². The van der Waals surface area contributed by atoms with Gasteiger partial charge in [0.05, 0.1) is 0 Å². The minimum Gasteiger partial charge on any atom is -0.361 e. The van der Waals surface area contributed by atoms with Crippen molar-refractivity contribution >= 4 is 46.7 Å². The Morgan fingerprint density at radius 2 is 1.96 bits per heavy atom. The maximum absolute atomic E-state index is 11.9. The fourth-order valence-corrected chi connectivity index (χ4v) is 3.53. The molecule has 1 aliphatic rings. The number of fused-ring (bicyclic) bond motifs is 1. The summed E-state index contributed by atoms with van der Waals surface area (Å²) in [5.74, 6) is 0.758. The Balaban J connectivity index is 0.00000280. The van der Waals surface area contributed by atoms with E-state index in [-0.39, 0.29) is 36.4 Å². The minimum absolute atomic E-state index is 0. The highest BCUT2D eigenvalue weighted by molar-refractivity contribution is 14.0. The van der Waals surface area contributed by atoms with Crippen molar-refractivity contribution in [3.8, 4) is 0 Å². The van der Waals surface area contributed by atoms with Gasteiger partial charge in [-0.1, -0.05) is 37.5 Å². The molecule has 1 amide bonds. The average molecular weight is 497 g/mol. The standard InChI is InChI=1S/C21H31N5O.HI/c1-26(2)20(27)15-24-21(25-17-8-4-3-5-9-17)22-13-12-16-14-23-19-11-7-6-10-18(16)19;/h6-7,10-11,14,17,23H,3-5,8-9,12-13,15H2,1-2H3,(H2,22,24,25);1H. The first-order valence-electron chi connectivity index (χ1n) is 9.93. The summed E-state index contributed by atoms with van der Waals surface area (Å²) < 4.78 is 0. The number of aliphatic imine (C=N–C) groups is 1. The number of guanidine groups is 1. The summed E-state index contributed by atoms with van der Waals surface area (Å²) in [6.45, 7) is 0.943. The quantitative estimate of drug-likeness (QED) is 0.326. The van der Waals surface area contributed by atoms with Gasteiger partial charge in [0, 0.05) is 43.8 Å². The molecule has 1 fully saturated rings. The van der Waals surface area contributed by atoms with Crippen molar-refractivity contribution in [1.82, 2.24) is 20.5 Å². The van der Waals surface area contributed by atoms with E-state index in [4.69, 9.17) is 0 Å². The van der Waals surface area contributed by atoms with Crippen LogP contribution in [0.25, 0.3) is 10.9 Å². The lowest BCUT2D eigenvalue weighted by Gasteiger charge is -2.25. The van der Waals surface area contributed by atoms with Gasteiger partial charge in [0.25, 0.3) is 0 Å². The summed E-state index contributed by atoms with van der Waals surface area (Å²) in [4.78, 5) is 21.3. The number of likely N-dealkylation sites (N-methyl/N-ethyl adjacent to an activating group) is 1. The van der Waals surface area contributed by atoms with Crippen LogP contribution in [0, 0.1) is 0 Å². The Bertz CT molecular complexity index is 780. The second-order valence-corrected chi connectivity index (χ2v) is 7.47. The topological polar surface area (TPSA) is 72.5 Å². The number of amides is 1. The van der Waals surface area contributed by atoms with E-state index in [1.807, 2.05) is 6.07 Å². The number of carbonyl (C=O) groups is 1. The van der Waals surface area contributed by atoms with E-state index in [0.29, 0.717) is 6.04 Å². The fraction of sp³-hybridized carbons (Fsp3) is 0.524. The number of halogens is 1. The van der Waals surface area contributed by atoms with Gasteiger partial charge in [0.1, 0.15) is 6.54 Å². The SMILES string of the molecule is CN(C)C(=O)CN=C(NCCc1c[nH]c2ccccc12)NC1CCCCC1.I. The van der Waals surface area contributed by atoms with Crippen molar-refractivity contribution in [1.29, 1.82) is 0 Å². The van der Waals surface area contributed by atoms with Gasteiger partial charge < -0.3 is 20.5 Å². The van der Waals surface area contributed by atoms with Crippen LogP contribution in [0.1, 0.15) is 37.7 Å². The van der Waals surface area contributed by atoms with Crippen LogP contribution in [0.3, 0.4) is 0 Å². The lowest BCUT2D eigenvalue weighted by molar-refractivity contribution is -0.127. The van der Waals surface area contributed by atoms with Crippen LogP contribution in [0.15, 0.2) is 35.5 Å². The van der Waals surface area contributed by atoms with E-state index < -0.39 is 0 Å². The Morgan fingerprint density at radius 3 is 2.71 bits per heavy atom. The molecule has 1 saturated carbocycles. The molecule has 3 rings (SSSR count). The summed E-state index contributed by atoms with van der Waals surface area (Å²) in [7, 11) is 3.52. The van der Waals surface area contributed by atoms with Crippen LogP contribution in [0.5, 0.6) is 0 Å². The zero-order valence-corrected chi connectivity index (χ0v) is 19.2. The van der Waals surface area contributed by atoms with Gasteiger partial charge in [0.15, 0.2) is 5.96 Å². The maximum Gasteiger partial charge on any atom is 0.243 e. The largest absolute Gasteiger partial charge is 0.361 e. The molecule has 0 bridgehead atoms. The van der Waals surface area contributed by atoms with E-state index in [0.717, 1.165) is 18.9 Å². The van der Waals surface area contributed by atoms with Crippen LogP contribution in [-0.2, 0) is 11.2 Å². The molecule has 0 saturated heterocycles. The van der Waals surface area contributed by atoms with Crippen molar-refractivity contribution in [3.63, 3.8) is 0 Å². The molecule has 0 atom stereocenters. The van der Waals surface area contributed by atoms with Gasteiger partial charge in [-0.3, -0.25) is 4.79 Å². The zero-order chi connectivity index (χ0) is 19.1. The first-order valence-corrected chi connectivity index (χ1v) is 9.93. The molecule has 1 aliphatic carbocycles. The first kappa shape index (κ1) is 22.5. The molecule has 1 aromatic carbocycles.